The van der Waals surface area contributed by atoms with Crippen LogP contribution in [-0.2, 0) is 23.7 Å². The van der Waals surface area contributed by atoms with Gasteiger partial charge in [-0.25, -0.2) is 12.8 Å². The molecule has 10 nitrogen and oxygen atoms in total. The molecule has 36 heavy (non-hydrogen) atoms. The van der Waals surface area contributed by atoms with E-state index in [4.69, 9.17) is 5.73 Å². The van der Waals surface area contributed by atoms with Gasteiger partial charge in [0, 0.05) is 37.4 Å². The molecule has 0 aliphatic carbocycles. The molecule has 0 saturated carbocycles. The first-order chi connectivity index (χ1) is 17.2. The number of fused-ring (bicyclic) bond motifs is 1. The Bertz CT molecular complexity index is 1370. The summed E-state index contributed by atoms with van der Waals surface area (Å²) in [6.07, 6.45) is 1.95. The minimum atomic E-state index is -2.66. The number of hydrogen-bond donors (Lipinski definition) is 5. The van der Waals surface area contributed by atoms with Crippen LogP contribution in [0, 0.1) is 11.7 Å². The highest BCUT2D eigenvalue weighted by molar-refractivity contribution is 7.72. The molecule has 2 heterocycles. The monoisotopic (exact) mass is 520 g/mol. The van der Waals surface area contributed by atoms with Crippen LogP contribution >= 0.6 is 0 Å². The summed E-state index contributed by atoms with van der Waals surface area (Å²) in [6.45, 7) is 1.01. The van der Waals surface area contributed by atoms with Gasteiger partial charge in [-0.15, -0.1) is 0 Å². The highest BCUT2D eigenvalue weighted by Crippen LogP contribution is 2.32. The van der Waals surface area contributed by atoms with E-state index in [-0.39, 0.29) is 48.0 Å². The largest absolute Gasteiger partial charge is 0.396 e. The Balaban J connectivity index is 2.24. The number of halogens is 1. The highest BCUT2D eigenvalue weighted by Gasteiger charge is 2.30. The average molecular weight is 521 g/mol. The summed E-state index contributed by atoms with van der Waals surface area (Å²) in [4.78, 5) is 30.5. The second-order valence-corrected chi connectivity index (χ2v) is 9.55. The zero-order valence-electron chi connectivity index (χ0n) is 19.7. The lowest BCUT2D eigenvalue weighted by Gasteiger charge is -2.25. The number of rotatable bonds is 12. The summed E-state index contributed by atoms with van der Waals surface area (Å²) in [5.41, 5.74) is 6.84. The predicted octanol–water partition coefficient (Wildman–Crippen LogP) is 0.0881. The fourth-order valence-electron chi connectivity index (χ4n) is 4.19. The number of nitrogens with zero attached hydrogens (tertiary/aromatic N) is 2. The van der Waals surface area contributed by atoms with Crippen LogP contribution in [0.1, 0.15) is 39.9 Å². The quantitative estimate of drug-likeness (QED) is 0.166. The molecule has 12 heteroatoms. The van der Waals surface area contributed by atoms with Gasteiger partial charge in [0.2, 0.25) is 0 Å². The first-order valence-electron chi connectivity index (χ1n) is 11.3. The number of benzene rings is 1. The van der Waals surface area contributed by atoms with E-state index in [2.05, 4.69) is 10.3 Å². The summed E-state index contributed by atoms with van der Waals surface area (Å²) in [6, 6.07) is 7.66. The molecule has 3 aromatic rings. The molecular formula is C24H29FN4O6S. The highest BCUT2D eigenvalue weighted by atomic mass is 32.2. The topological polar surface area (TPSA) is 165 Å². The fraction of sp³-hybridized carbons (Fsp3) is 0.375. The maximum absolute atomic E-state index is 13.5. The van der Waals surface area contributed by atoms with Crippen molar-refractivity contribution in [3.05, 3.63) is 75.0 Å². The molecule has 0 saturated heterocycles. The van der Waals surface area contributed by atoms with Gasteiger partial charge in [-0.1, -0.05) is 19.1 Å². The Kier molecular flexibility index (Phi) is 9.26. The Morgan fingerprint density at radius 1 is 1.19 bits per heavy atom. The lowest BCUT2D eigenvalue weighted by molar-refractivity contribution is 0.0994. The molecule has 5 N–H and O–H groups in total. The molecule has 1 amide bonds. The van der Waals surface area contributed by atoms with Gasteiger partial charge in [0.15, 0.2) is 10.7 Å². The van der Waals surface area contributed by atoms with Gasteiger partial charge >= 0.3 is 0 Å². The lowest BCUT2D eigenvalue weighted by atomic mass is 9.84. The maximum Gasteiger partial charge on any atom is 0.264 e. The van der Waals surface area contributed by atoms with Gasteiger partial charge in [-0.3, -0.25) is 14.6 Å². The summed E-state index contributed by atoms with van der Waals surface area (Å²) in [5.74, 6) is -2.95. The third-order valence-electron chi connectivity index (χ3n) is 6.06. The Morgan fingerprint density at radius 2 is 1.89 bits per heavy atom. The van der Waals surface area contributed by atoms with Gasteiger partial charge in [-0.2, -0.15) is 0 Å². The SMILES string of the molecule is CC(CO)C(CO)c1c(C(N)=O)c(=O)n(CCNC[SH](=O)=O)c2cc(Cc3ccc(F)cc3)cnc12. The number of amides is 1. The van der Waals surface area contributed by atoms with Crippen LogP contribution < -0.4 is 16.6 Å². The molecule has 3 rings (SSSR count). The molecule has 2 unspecified atom stereocenters. The zero-order valence-corrected chi connectivity index (χ0v) is 20.6. The van der Waals surface area contributed by atoms with Crippen molar-refractivity contribution in [3.63, 3.8) is 0 Å². The molecule has 0 aliphatic rings. The smallest absolute Gasteiger partial charge is 0.264 e. The number of nitrogens with two attached hydrogens (primary N) is 1. The van der Waals surface area contributed by atoms with Gasteiger partial charge in [0.1, 0.15) is 11.4 Å². The molecule has 0 spiro atoms. The van der Waals surface area contributed by atoms with E-state index in [1.54, 1.807) is 31.3 Å². The number of primary amides is 1. The number of carbonyl (C=O) groups is 1. The van der Waals surface area contributed by atoms with Crippen LogP contribution in [0.2, 0.25) is 0 Å². The van der Waals surface area contributed by atoms with Gasteiger partial charge in [0.25, 0.3) is 11.5 Å². The molecule has 2 atom stereocenters. The predicted molar refractivity (Wildman–Crippen MR) is 133 cm³/mol. The molecular weight excluding hydrogens is 491 g/mol. The first-order valence-corrected chi connectivity index (χ1v) is 12.7. The standard InChI is InChI=1S/C24H29FN4O6S/c1-14(11-30)18(12-31)20-21(23(26)32)24(33)29(7-6-27-13-36(34)35)19-9-16(10-28-22(19)20)8-15-2-4-17(25)5-3-15/h2-5,9-10,14,18,27,30-31,36H,6-8,11-13H2,1H3,(H2,26,32). The third kappa shape index (κ3) is 6.13. The number of thiol groups is 1. The number of carbonyl (C=O) groups excluding carboxylic acids is 1. The average Bonchev–Trinajstić information content (AvgIpc) is 2.84. The Labute approximate surface area is 208 Å². The molecule has 0 radical (unpaired) electrons. The van der Waals surface area contributed by atoms with E-state index in [0.717, 1.165) is 5.56 Å². The zero-order chi connectivity index (χ0) is 26.4. The lowest BCUT2D eigenvalue weighted by Crippen LogP contribution is -2.36. The summed E-state index contributed by atoms with van der Waals surface area (Å²) in [7, 11) is -2.66. The molecule has 1 aromatic carbocycles. The summed E-state index contributed by atoms with van der Waals surface area (Å²) in [5, 5.41) is 22.5. The normalized spacial score (nSPS) is 13.2. The van der Waals surface area contributed by atoms with Crippen LogP contribution in [0.25, 0.3) is 11.0 Å². The van der Waals surface area contributed by atoms with Crippen molar-refractivity contribution < 1.29 is 27.8 Å². The summed E-state index contributed by atoms with van der Waals surface area (Å²) >= 11 is 0. The van der Waals surface area contributed by atoms with Gasteiger partial charge in [0.05, 0.1) is 23.5 Å². The van der Waals surface area contributed by atoms with E-state index in [9.17, 15) is 32.6 Å². The van der Waals surface area contributed by atoms with E-state index in [0.29, 0.717) is 17.5 Å². The van der Waals surface area contributed by atoms with Crippen molar-refractivity contribution >= 4 is 27.6 Å². The second kappa shape index (κ2) is 12.2. The van der Waals surface area contributed by atoms with Crippen molar-refractivity contribution in [1.82, 2.24) is 14.9 Å². The van der Waals surface area contributed by atoms with E-state index in [1.807, 2.05) is 0 Å². The van der Waals surface area contributed by atoms with Crippen LogP contribution in [0.15, 0.2) is 41.3 Å². The van der Waals surface area contributed by atoms with E-state index in [1.165, 1.54) is 16.7 Å². The number of hydrogen-bond acceptors (Lipinski definition) is 8. The van der Waals surface area contributed by atoms with E-state index < -0.39 is 40.6 Å². The number of aliphatic hydroxyl groups excluding tert-OH is 2. The minimum Gasteiger partial charge on any atom is -0.396 e. The van der Waals surface area contributed by atoms with E-state index >= 15 is 0 Å². The first kappa shape index (κ1) is 27.4. The fourth-order valence-corrected chi connectivity index (χ4v) is 4.53. The van der Waals surface area contributed by atoms with Crippen LogP contribution in [-0.4, -0.2) is 59.7 Å². The van der Waals surface area contributed by atoms with Crippen molar-refractivity contribution in [2.45, 2.75) is 25.8 Å². The van der Waals surface area contributed by atoms with Gasteiger partial charge in [-0.05, 0) is 41.7 Å². The van der Waals surface area contributed by atoms with Gasteiger partial charge < -0.3 is 25.8 Å². The number of aliphatic hydroxyl groups is 2. The van der Waals surface area contributed by atoms with Crippen molar-refractivity contribution in [2.75, 3.05) is 25.6 Å². The number of pyridine rings is 2. The van der Waals surface area contributed by atoms with Crippen LogP contribution in [0.4, 0.5) is 4.39 Å². The molecule has 0 aliphatic heterocycles. The number of aromatic nitrogens is 2. The van der Waals surface area contributed by atoms with Crippen molar-refractivity contribution in [2.24, 2.45) is 11.7 Å². The maximum atomic E-state index is 13.5. The Hall–Kier alpha value is -3.19. The number of nitrogens with one attached hydrogen (secondary N) is 1. The minimum absolute atomic E-state index is 0.0140. The van der Waals surface area contributed by atoms with Crippen molar-refractivity contribution in [1.29, 1.82) is 0 Å². The molecule has 0 fully saturated rings. The van der Waals surface area contributed by atoms with Crippen molar-refractivity contribution in [3.8, 4) is 0 Å². The molecule has 0 bridgehead atoms. The Morgan fingerprint density at radius 3 is 2.47 bits per heavy atom. The third-order valence-corrected chi connectivity index (χ3v) is 6.54. The van der Waals surface area contributed by atoms with Crippen LogP contribution in [0.5, 0.6) is 0 Å². The van der Waals surface area contributed by atoms with Crippen LogP contribution in [0.3, 0.4) is 0 Å². The molecule has 194 valence electrons. The molecule has 2 aromatic heterocycles. The second-order valence-electron chi connectivity index (χ2n) is 8.56. The summed E-state index contributed by atoms with van der Waals surface area (Å²) < 4.78 is 36.4.